The fourth-order valence-corrected chi connectivity index (χ4v) is 6.90. The molecule has 0 aromatic heterocycles. The summed E-state index contributed by atoms with van der Waals surface area (Å²) in [5.74, 6) is 1.49. The molecule has 0 spiro atoms. The summed E-state index contributed by atoms with van der Waals surface area (Å²) in [7, 11) is -0.000202. The van der Waals surface area contributed by atoms with Gasteiger partial charge in [0.1, 0.15) is 23.4 Å². The van der Waals surface area contributed by atoms with Crippen molar-refractivity contribution in [2.45, 2.75) is 23.2 Å². The zero-order chi connectivity index (χ0) is 25.8. The van der Waals surface area contributed by atoms with Crippen molar-refractivity contribution in [3.8, 4) is 22.6 Å². The molecule has 0 saturated heterocycles. The number of hydrogen-bond donors (Lipinski definition) is 0. The van der Waals surface area contributed by atoms with Crippen LogP contribution in [0.5, 0.6) is 11.5 Å². The second-order valence-corrected chi connectivity index (χ2v) is 11.5. The van der Waals surface area contributed by atoms with E-state index in [4.69, 9.17) is 9.47 Å². The molecule has 1 aliphatic rings. The molecule has 0 amide bonds. The van der Waals surface area contributed by atoms with Crippen LogP contribution in [0.1, 0.15) is 21.9 Å². The molecular weight excluding hydrogens is 482 g/mol. The van der Waals surface area contributed by atoms with E-state index in [0.29, 0.717) is 23.8 Å². The van der Waals surface area contributed by atoms with Gasteiger partial charge < -0.3 is 14.4 Å². The van der Waals surface area contributed by atoms with Crippen LogP contribution in [0, 0.1) is 0 Å². The van der Waals surface area contributed by atoms with Crippen molar-refractivity contribution in [3.05, 3.63) is 114 Å². The molecule has 0 bridgehead atoms. The number of benzene rings is 4. The van der Waals surface area contributed by atoms with Crippen molar-refractivity contribution in [1.29, 1.82) is 0 Å². The lowest BCUT2D eigenvalue weighted by Gasteiger charge is -2.25. The maximum Gasteiger partial charge on any atom is 0.186 e. The zero-order valence-corrected chi connectivity index (χ0v) is 21.9. The predicted octanol–water partition coefficient (Wildman–Crippen LogP) is 5.94. The van der Waals surface area contributed by atoms with E-state index >= 15 is 0 Å². The summed E-state index contributed by atoms with van der Waals surface area (Å²) in [5.41, 5.74) is 4.69. The van der Waals surface area contributed by atoms with Crippen molar-refractivity contribution in [2.24, 2.45) is 0 Å². The van der Waals surface area contributed by atoms with E-state index < -0.39 is 15.1 Å². The number of fused-ring (bicyclic) bond motifs is 1. The first kappa shape index (κ1) is 25.1. The number of likely N-dealkylation sites (N-methyl/N-ethyl adjacent to an activating group) is 1. The first-order valence-electron chi connectivity index (χ1n) is 12.4. The number of ether oxygens (including phenoxy) is 2. The molecule has 0 aliphatic carbocycles. The Balaban J connectivity index is 1.64. The van der Waals surface area contributed by atoms with Crippen LogP contribution < -0.4 is 9.47 Å². The van der Waals surface area contributed by atoms with E-state index in [1.54, 1.807) is 31.4 Å². The Labute approximate surface area is 219 Å². The Morgan fingerprint density at radius 2 is 1.57 bits per heavy atom. The van der Waals surface area contributed by atoms with Gasteiger partial charge in [0.05, 0.1) is 12.0 Å². The Bertz CT molecular complexity index is 1470. The van der Waals surface area contributed by atoms with Gasteiger partial charge in [-0.25, -0.2) is 8.42 Å². The largest absolute Gasteiger partial charge is 0.496 e. The first-order valence-corrected chi connectivity index (χ1v) is 14.0. The molecule has 1 aliphatic heterocycles. The highest BCUT2D eigenvalue weighted by Gasteiger charge is 2.36. The van der Waals surface area contributed by atoms with E-state index in [9.17, 15) is 8.42 Å². The lowest BCUT2D eigenvalue weighted by molar-refractivity contribution is 0.296. The molecule has 4 aromatic carbocycles. The Hall–Kier alpha value is -3.61. The van der Waals surface area contributed by atoms with E-state index in [0.717, 1.165) is 46.5 Å². The van der Waals surface area contributed by atoms with E-state index in [-0.39, 0.29) is 0 Å². The lowest BCUT2D eigenvalue weighted by Crippen LogP contribution is -2.28. The monoisotopic (exact) mass is 513 g/mol. The topological polar surface area (TPSA) is 55.8 Å². The number of sulfone groups is 1. The minimum Gasteiger partial charge on any atom is -0.496 e. The SMILES string of the molecule is COc1ccccc1COc1cc2c(c(-c3ccccc3)c1)C(S(=O)(=O)c1ccccc1)CN(C)CC2. The van der Waals surface area contributed by atoms with E-state index in [1.807, 2.05) is 79.8 Å². The summed E-state index contributed by atoms with van der Waals surface area (Å²) in [6.07, 6.45) is 0.734. The standard InChI is InChI=1S/C31H31NO4S/c1-32-18-17-24-19-26(36-22-25-13-9-10-16-29(25)35-2)20-28(23-11-5-3-6-12-23)31(24)30(21-32)37(33,34)27-14-7-4-8-15-27/h3-16,19-20,30H,17-18,21-22H2,1-2H3. The Morgan fingerprint density at radius 1 is 0.892 bits per heavy atom. The lowest BCUT2D eigenvalue weighted by atomic mass is 9.92. The van der Waals surface area contributed by atoms with Gasteiger partial charge >= 0.3 is 0 Å². The molecule has 1 heterocycles. The maximum absolute atomic E-state index is 14.0. The second kappa shape index (κ2) is 10.8. The fourth-order valence-electron chi connectivity index (χ4n) is 5.00. The van der Waals surface area contributed by atoms with Crippen LogP contribution in [-0.2, 0) is 22.9 Å². The van der Waals surface area contributed by atoms with Crippen LogP contribution >= 0.6 is 0 Å². The molecule has 0 radical (unpaired) electrons. The van der Waals surface area contributed by atoms with Gasteiger partial charge in [0.15, 0.2) is 9.84 Å². The summed E-state index contributed by atoms with van der Waals surface area (Å²) < 4.78 is 39.8. The van der Waals surface area contributed by atoms with Crippen LogP contribution in [0.3, 0.4) is 0 Å². The number of methoxy groups -OCH3 is 1. The Morgan fingerprint density at radius 3 is 2.30 bits per heavy atom. The van der Waals surface area contributed by atoms with Crippen LogP contribution in [0.2, 0.25) is 0 Å². The summed E-state index contributed by atoms with van der Waals surface area (Å²) in [4.78, 5) is 2.45. The van der Waals surface area contributed by atoms with E-state index in [1.165, 1.54) is 0 Å². The van der Waals surface area contributed by atoms with Gasteiger partial charge in [0.2, 0.25) is 0 Å². The van der Waals surface area contributed by atoms with Crippen molar-refractivity contribution in [2.75, 3.05) is 27.2 Å². The molecule has 5 nitrogen and oxygen atoms in total. The maximum atomic E-state index is 14.0. The minimum absolute atomic E-state index is 0.344. The number of hydrogen-bond acceptors (Lipinski definition) is 5. The van der Waals surface area contributed by atoms with Gasteiger partial charge in [0.25, 0.3) is 0 Å². The van der Waals surface area contributed by atoms with Crippen molar-refractivity contribution in [1.82, 2.24) is 4.90 Å². The number of rotatable bonds is 7. The van der Waals surface area contributed by atoms with Crippen molar-refractivity contribution in [3.63, 3.8) is 0 Å². The van der Waals surface area contributed by atoms with Crippen LogP contribution in [0.4, 0.5) is 0 Å². The van der Waals surface area contributed by atoms with Gasteiger partial charge in [-0.05, 0) is 66.1 Å². The van der Waals surface area contributed by atoms with Gasteiger partial charge in [-0.1, -0.05) is 66.7 Å². The molecule has 0 fully saturated rings. The second-order valence-electron chi connectivity index (χ2n) is 9.37. The molecule has 1 unspecified atom stereocenters. The highest BCUT2D eigenvalue weighted by Crippen LogP contribution is 2.42. The summed E-state index contributed by atoms with van der Waals surface area (Å²) in [5, 5.41) is -0.698. The average Bonchev–Trinajstić information content (AvgIpc) is 3.11. The number of nitrogens with zero attached hydrogens (tertiary/aromatic N) is 1. The van der Waals surface area contributed by atoms with Crippen LogP contribution in [0.25, 0.3) is 11.1 Å². The highest BCUT2D eigenvalue weighted by atomic mass is 32.2. The molecule has 0 N–H and O–H groups in total. The predicted molar refractivity (Wildman–Crippen MR) is 147 cm³/mol. The Kier molecular flexibility index (Phi) is 7.31. The van der Waals surface area contributed by atoms with Gasteiger partial charge in [0, 0.05) is 18.7 Å². The molecular formula is C31H31NO4S. The number of para-hydroxylation sites is 1. The fraction of sp³-hybridized carbons (Fsp3) is 0.226. The first-order chi connectivity index (χ1) is 18.0. The molecule has 0 saturated carbocycles. The summed E-state index contributed by atoms with van der Waals surface area (Å²) >= 11 is 0. The summed E-state index contributed by atoms with van der Waals surface area (Å²) in [6.45, 7) is 1.53. The molecule has 190 valence electrons. The average molecular weight is 514 g/mol. The minimum atomic E-state index is -3.64. The van der Waals surface area contributed by atoms with Gasteiger partial charge in [-0.2, -0.15) is 0 Å². The third-order valence-corrected chi connectivity index (χ3v) is 8.98. The van der Waals surface area contributed by atoms with Gasteiger partial charge in [-0.15, -0.1) is 0 Å². The molecule has 5 rings (SSSR count). The molecule has 4 aromatic rings. The molecule has 1 atom stereocenters. The normalized spacial score (nSPS) is 16.0. The summed E-state index contributed by atoms with van der Waals surface area (Å²) in [6, 6.07) is 30.6. The third kappa shape index (κ3) is 5.26. The highest BCUT2D eigenvalue weighted by molar-refractivity contribution is 7.91. The zero-order valence-electron chi connectivity index (χ0n) is 21.1. The van der Waals surface area contributed by atoms with Gasteiger partial charge in [-0.3, -0.25) is 0 Å². The molecule has 37 heavy (non-hydrogen) atoms. The third-order valence-electron chi connectivity index (χ3n) is 6.92. The van der Waals surface area contributed by atoms with Crippen molar-refractivity contribution >= 4 is 9.84 Å². The van der Waals surface area contributed by atoms with Crippen LogP contribution in [-0.4, -0.2) is 40.6 Å². The molecule has 6 heteroatoms. The van der Waals surface area contributed by atoms with Crippen molar-refractivity contribution < 1.29 is 17.9 Å². The smallest absolute Gasteiger partial charge is 0.186 e. The van der Waals surface area contributed by atoms with Crippen LogP contribution in [0.15, 0.2) is 102 Å². The van der Waals surface area contributed by atoms with E-state index in [2.05, 4.69) is 4.90 Å². The quantitative estimate of drug-likeness (QED) is 0.306.